The molecule has 0 bridgehead atoms. The van der Waals surface area contributed by atoms with Gasteiger partial charge in [0.1, 0.15) is 17.7 Å². The van der Waals surface area contributed by atoms with Crippen LogP contribution in [0.15, 0.2) is 54.6 Å². The third kappa shape index (κ3) is 3.65. The third-order valence-electron chi connectivity index (χ3n) is 6.46. The minimum absolute atomic E-state index is 0.00213. The fourth-order valence-corrected chi connectivity index (χ4v) is 4.61. The molecule has 0 atom stereocenters. The lowest BCUT2D eigenvalue weighted by atomic mass is 9.95. The summed E-state index contributed by atoms with van der Waals surface area (Å²) in [7, 11) is 2.06. The van der Waals surface area contributed by atoms with E-state index in [2.05, 4.69) is 51.0 Å². The monoisotopic (exact) mass is 418 g/mol. The first-order valence-electron chi connectivity index (χ1n) is 10.8. The Labute approximate surface area is 181 Å². The van der Waals surface area contributed by atoms with Crippen LogP contribution in [0.4, 0.5) is 5.95 Å². The predicted molar refractivity (Wildman–Crippen MR) is 117 cm³/mol. The molecule has 1 aliphatic heterocycles. The Kier molecular flexibility index (Phi) is 4.88. The lowest BCUT2D eigenvalue weighted by molar-refractivity contribution is 0.0695. The fraction of sp³-hybridized carbons (Fsp3) is 0.375. The number of hydrogen-bond donors (Lipinski definition) is 1. The lowest BCUT2D eigenvalue weighted by Crippen LogP contribution is -2.39. The summed E-state index contributed by atoms with van der Waals surface area (Å²) in [6.07, 6.45) is 3.97. The second-order valence-electron chi connectivity index (χ2n) is 8.47. The highest BCUT2D eigenvalue weighted by Gasteiger charge is 2.50. The second kappa shape index (κ2) is 7.72. The van der Waals surface area contributed by atoms with Gasteiger partial charge in [-0.05, 0) is 36.6 Å². The molecule has 31 heavy (non-hydrogen) atoms. The van der Waals surface area contributed by atoms with Gasteiger partial charge < -0.3 is 14.7 Å². The summed E-state index contributed by atoms with van der Waals surface area (Å²) in [5.74, 6) is 1.61. The van der Waals surface area contributed by atoms with Crippen molar-refractivity contribution in [1.29, 1.82) is 0 Å². The minimum atomic E-state index is -0.942. The van der Waals surface area contributed by atoms with Gasteiger partial charge in [0.05, 0.1) is 11.0 Å². The van der Waals surface area contributed by atoms with E-state index < -0.39 is 5.97 Å². The van der Waals surface area contributed by atoms with Crippen molar-refractivity contribution >= 4 is 11.9 Å². The van der Waals surface area contributed by atoms with Crippen molar-refractivity contribution in [1.82, 2.24) is 14.8 Å². The molecular formula is C24H26N4O3. The smallest absolute Gasteiger partial charge is 0.335 e. The molecule has 1 aromatic heterocycles. The van der Waals surface area contributed by atoms with Gasteiger partial charge in [-0.3, -0.25) is 4.57 Å². The summed E-state index contributed by atoms with van der Waals surface area (Å²) in [6.45, 7) is 1.65. The van der Waals surface area contributed by atoms with E-state index in [0.717, 1.165) is 50.5 Å². The third-order valence-corrected chi connectivity index (χ3v) is 6.46. The molecular weight excluding hydrogens is 392 g/mol. The zero-order valence-electron chi connectivity index (χ0n) is 17.6. The molecule has 1 saturated heterocycles. The molecule has 1 saturated carbocycles. The van der Waals surface area contributed by atoms with Crippen LogP contribution < -0.4 is 9.64 Å². The number of anilines is 1. The van der Waals surface area contributed by atoms with Crippen molar-refractivity contribution in [2.24, 2.45) is 7.05 Å². The minimum Gasteiger partial charge on any atom is -0.490 e. The number of nitrogens with zero attached hydrogens (tertiary/aromatic N) is 4. The zero-order valence-corrected chi connectivity index (χ0v) is 17.6. The van der Waals surface area contributed by atoms with Crippen molar-refractivity contribution in [3.8, 4) is 5.75 Å². The van der Waals surface area contributed by atoms with Gasteiger partial charge in [0, 0.05) is 33.0 Å². The van der Waals surface area contributed by atoms with Crippen molar-refractivity contribution in [3.63, 3.8) is 0 Å². The van der Waals surface area contributed by atoms with Crippen LogP contribution in [-0.2, 0) is 12.5 Å². The summed E-state index contributed by atoms with van der Waals surface area (Å²) >= 11 is 0. The molecule has 7 heteroatoms. The topological polar surface area (TPSA) is 80.5 Å². The Morgan fingerprint density at radius 3 is 2.48 bits per heavy atom. The largest absolute Gasteiger partial charge is 0.490 e. The van der Waals surface area contributed by atoms with Crippen LogP contribution in [0.5, 0.6) is 5.75 Å². The number of ether oxygens (including phenoxy) is 1. The van der Waals surface area contributed by atoms with Gasteiger partial charge in [-0.2, -0.15) is 0 Å². The first kappa shape index (κ1) is 19.6. The first-order chi connectivity index (χ1) is 15.1. The maximum atomic E-state index is 11.2. The molecule has 1 aliphatic carbocycles. The fourth-order valence-electron chi connectivity index (χ4n) is 4.61. The van der Waals surface area contributed by atoms with Gasteiger partial charge in [-0.15, -0.1) is 10.2 Å². The molecule has 0 amide bonds. The Hall–Kier alpha value is -3.35. The summed E-state index contributed by atoms with van der Waals surface area (Å²) in [4.78, 5) is 13.4. The summed E-state index contributed by atoms with van der Waals surface area (Å²) in [6, 6.07) is 17.3. The van der Waals surface area contributed by atoms with Gasteiger partial charge in [0.15, 0.2) is 0 Å². The molecule has 2 aliphatic rings. The number of carboxylic acids is 1. The van der Waals surface area contributed by atoms with Crippen LogP contribution in [0.2, 0.25) is 0 Å². The van der Waals surface area contributed by atoms with Crippen molar-refractivity contribution < 1.29 is 14.6 Å². The molecule has 0 radical (unpaired) electrons. The molecule has 2 heterocycles. The van der Waals surface area contributed by atoms with E-state index in [1.54, 1.807) is 18.2 Å². The van der Waals surface area contributed by atoms with Crippen molar-refractivity contribution in [2.75, 3.05) is 18.0 Å². The highest BCUT2D eigenvalue weighted by molar-refractivity contribution is 5.88. The van der Waals surface area contributed by atoms with Crippen LogP contribution in [0, 0.1) is 0 Å². The Bertz CT molecular complexity index is 1080. The molecule has 0 spiro atoms. The molecule has 5 rings (SSSR count). The van der Waals surface area contributed by atoms with Crippen LogP contribution in [0.3, 0.4) is 0 Å². The van der Waals surface area contributed by atoms with E-state index in [4.69, 9.17) is 9.84 Å². The molecule has 2 fully saturated rings. The number of aromatic carboxylic acids is 1. The van der Waals surface area contributed by atoms with E-state index >= 15 is 0 Å². The SMILES string of the molecule is Cn1c(N2CCC(Oc3cccc(C(=O)O)c3)CC2)nnc1C1(c2ccccc2)CC1. The van der Waals surface area contributed by atoms with E-state index in [1.165, 1.54) is 5.56 Å². The van der Waals surface area contributed by atoms with Crippen molar-refractivity contribution in [3.05, 3.63) is 71.5 Å². The Morgan fingerprint density at radius 1 is 1.06 bits per heavy atom. The number of piperidine rings is 1. The van der Waals surface area contributed by atoms with Gasteiger partial charge in [-0.1, -0.05) is 36.4 Å². The maximum absolute atomic E-state index is 11.2. The van der Waals surface area contributed by atoms with Crippen LogP contribution >= 0.6 is 0 Å². The first-order valence-corrected chi connectivity index (χ1v) is 10.8. The highest BCUT2D eigenvalue weighted by Crippen LogP contribution is 2.52. The molecule has 0 unspecified atom stereocenters. The lowest BCUT2D eigenvalue weighted by Gasteiger charge is -2.32. The van der Waals surface area contributed by atoms with Crippen LogP contribution in [-0.4, -0.2) is 45.0 Å². The Balaban J connectivity index is 1.26. The molecule has 160 valence electrons. The average molecular weight is 418 g/mol. The normalized spacial score (nSPS) is 18.0. The van der Waals surface area contributed by atoms with E-state index in [9.17, 15) is 4.79 Å². The average Bonchev–Trinajstić information content (AvgIpc) is 3.51. The quantitative estimate of drug-likeness (QED) is 0.658. The van der Waals surface area contributed by atoms with Gasteiger partial charge in [-0.25, -0.2) is 4.79 Å². The molecule has 1 N–H and O–H groups in total. The second-order valence-corrected chi connectivity index (χ2v) is 8.47. The molecule has 3 aromatic rings. The van der Waals surface area contributed by atoms with E-state index in [1.807, 2.05) is 12.1 Å². The van der Waals surface area contributed by atoms with E-state index in [0.29, 0.717) is 5.75 Å². The summed E-state index contributed by atoms with van der Waals surface area (Å²) in [5.41, 5.74) is 1.56. The summed E-state index contributed by atoms with van der Waals surface area (Å²) in [5, 5.41) is 18.3. The number of aromatic nitrogens is 3. The number of benzene rings is 2. The number of rotatable bonds is 6. The molecule has 7 nitrogen and oxygen atoms in total. The van der Waals surface area contributed by atoms with Gasteiger partial charge >= 0.3 is 5.97 Å². The van der Waals surface area contributed by atoms with Crippen LogP contribution in [0.1, 0.15) is 47.4 Å². The predicted octanol–water partition coefficient (Wildman–Crippen LogP) is 3.64. The number of carboxylic acid groups (broad SMARTS) is 1. The summed E-state index contributed by atoms with van der Waals surface area (Å²) < 4.78 is 8.21. The number of hydrogen-bond acceptors (Lipinski definition) is 5. The Morgan fingerprint density at radius 2 is 1.81 bits per heavy atom. The highest BCUT2D eigenvalue weighted by atomic mass is 16.5. The maximum Gasteiger partial charge on any atom is 0.335 e. The molecule has 2 aromatic carbocycles. The van der Waals surface area contributed by atoms with E-state index in [-0.39, 0.29) is 17.1 Å². The van der Waals surface area contributed by atoms with Crippen LogP contribution in [0.25, 0.3) is 0 Å². The standard InChI is InChI=1S/C24H26N4O3/c1-27-22(24(12-13-24)18-7-3-2-4-8-18)25-26-23(27)28-14-10-19(11-15-28)31-20-9-5-6-17(16-20)21(29)30/h2-9,16,19H,10-15H2,1H3,(H,29,30). The van der Waals surface area contributed by atoms with Crippen molar-refractivity contribution in [2.45, 2.75) is 37.2 Å². The zero-order chi connectivity index (χ0) is 21.4. The van der Waals surface area contributed by atoms with Gasteiger partial charge in [0.25, 0.3) is 0 Å². The van der Waals surface area contributed by atoms with Gasteiger partial charge in [0.2, 0.25) is 5.95 Å². The number of carbonyl (C=O) groups is 1.